The molecular weight excluding hydrogens is 274 g/mol. The van der Waals surface area contributed by atoms with Crippen LogP contribution >= 0.6 is 0 Å². The number of rotatable bonds is 4. The molecule has 22 heavy (non-hydrogen) atoms. The quantitative estimate of drug-likeness (QED) is 0.918. The summed E-state index contributed by atoms with van der Waals surface area (Å²) in [6, 6.07) is 1.11. The Balaban J connectivity index is 1.66. The van der Waals surface area contributed by atoms with Crippen molar-refractivity contribution in [1.29, 1.82) is 0 Å². The van der Waals surface area contributed by atoms with E-state index in [9.17, 15) is 0 Å². The Morgan fingerprint density at radius 3 is 2.27 bits per heavy atom. The van der Waals surface area contributed by atoms with E-state index in [1.54, 1.807) is 0 Å². The molecular formula is C17H31N5. The highest BCUT2D eigenvalue weighted by molar-refractivity contribution is 5.19. The van der Waals surface area contributed by atoms with Crippen molar-refractivity contribution in [3.05, 3.63) is 17.2 Å². The van der Waals surface area contributed by atoms with Gasteiger partial charge in [0.15, 0.2) is 0 Å². The van der Waals surface area contributed by atoms with E-state index >= 15 is 0 Å². The summed E-state index contributed by atoms with van der Waals surface area (Å²) < 4.78 is 2.17. The van der Waals surface area contributed by atoms with Gasteiger partial charge in [0.2, 0.25) is 0 Å². The van der Waals surface area contributed by atoms with Crippen LogP contribution in [0.15, 0.2) is 0 Å². The van der Waals surface area contributed by atoms with Crippen molar-refractivity contribution >= 4 is 0 Å². The molecule has 1 aromatic heterocycles. The molecule has 0 amide bonds. The van der Waals surface area contributed by atoms with E-state index in [4.69, 9.17) is 10.7 Å². The number of nitrogens with zero attached hydrogens (tertiary/aromatic N) is 4. The van der Waals surface area contributed by atoms with E-state index in [0.29, 0.717) is 6.54 Å². The molecule has 124 valence electrons. The summed E-state index contributed by atoms with van der Waals surface area (Å²) in [6.07, 6.45) is 5.64. The standard InChI is InChI=1S/C17H31N5/c1-13-17(19-14(2)20(13)3)16(12-18)22-10-8-21(9-11-22)15-6-4-5-7-15/h15-16H,4-12,18H2,1-3H3. The molecule has 1 saturated heterocycles. The number of piperazine rings is 1. The lowest BCUT2D eigenvalue weighted by Crippen LogP contribution is -2.51. The van der Waals surface area contributed by atoms with Crippen LogP contribution in [0.25, 0.3) is 0 Å². The monoisotopic (exact) mass is 305 g/mol. The van der Waals surface area contributed by atoms with Crippen molar-refractivity contribution in [1.82, 2.24) is 19.4 Å². The Labute approximate surface area is 134 Å². The molecule has 2 heterocycles. The predicted octanol–water partition coefficient (Wildman–Crippen LogP) is 1.60. The van der Waals surface area contributed by atoms with Gasteiger partial charge in [0.1, 0.15) is 5.82 Å². The minimum atomic E-state index is 0.269. The molecule has 1 saturated carbocycles. The molecule has 1 aromatic rings. The predicted molar refractivity (Wildman–Crippen MR) is 89.9 cm³/mol. The van der Waals surface area contributed by atoms with E-state index in [2.05, 4.69) is 35.3 Å². The topological polar surface area (TPSA) is 50.3 Å². The fourth-order valence-electron chi connectivity index (χ4n) is 4.18. The van der Waals surface area contributed by atoms with E-state index in [1.807, 2.05) is 0 Å². The molecule has 1 aliphatic carbocycles. The fourth-order valence-corrected chi connectivity index (χ4v) is 4.18. The third kappa shape index (κ3) is 2.94. The largest absolute Gasteiger partial charge is 0.335 e. The first-order valence-electron chi connectivity index (χ1n) is 8.79. The lowest BCUT2D eigenvalue weighted by molar-refractivity contribution is 0.0709. The number of aryl methyl sites for hydroxylation is 1. The molecule has 1 unspecified atom stereocenters. The van der Waals surface area contributed by atoms with Crippen LogP contribution in [0.4, 0.5) is 0 Å². The van der Waals surface area contributed by atoms with Crippen LogP contribution in [0.3, 0.4) is 0 Å². The zero-order valence-corrected chi connectivity index (χ0v) is 14.4. The molecule has 3 rings (SSSR count). The summed E-state index contributed by atoms with van der Waals surface area (Å²) in [4.78, 5) is 10.0. The molecule has 5 nitrogen and oxygen atoms in total. The summed E-state index contributed by atoms with van der Waals surface area (Å²) in [5, 5.41) is 0. The van der Waals surface area contributed by atoms with Crippen LogP contribution in [-0.2, 0) is 7.05 Å². The number of imidazole rings is 1. The number of hydrogen-bond donors (Lipinski definition) is 1. The lowest BCUT2D eigenvalue weighted by atomic mass is 10.1. The number of aromatic nitrogens is 2. The van der Waals surface area contributed by atoms with Crippen molar-refractivity contribution < 1.29 is 0 Å². The molecule has 1 atom stereocenters. The second kappa shape index (κ2) is 6.69. The zero-order chi connectivity index (χ0) is 15.7. The van der Waals surface area contributed by atoms with Gasteiger partial charge in [-0.15, -0.1) is 0 Å². The Morgan fingerprint density at radius 1 is 1.14 bits per heavy atom. The zero-order valence-electron chi connectivity index (χ0n) is 14.4. The van der Waals surface area contributed by atoms with Gasteiger partial charge < -0.3 is 10.3 Å². The molecule has 5 heteroatoms. The Kier molecular flexibility index (Phi) is 4.85. The van der Waals surface area contributed by atoms with Gasteiger partial charge in [0, 0.05) is 51.5 Å². The maximum Gasteiger partial charge on any atom is 0.105 e. The van der Waals surface area contributed by atoms with Crippen LogP contribution in [-0.4, -0.2) is 58.1 Å². The van der Waals surface area contributed by atoms with E-state index in [-0.39, 0.29) is 6.04 Å². The van der Waals surface area contributed by atoms with Crippen LogP contribution in [0.2, 0.25) is 0 Å². The molecule has 0 spiro atoms. The maximum absolute atomic E-state index is 6.12. The van der Waals surface area contributed by atoms with Crippen LogP contribution in [0, 0.1) is 13.8 Å². The third-order valence-electron chi connectivity index (χ3n) is 5.81. The minimum absolute atomic E-state index is 0.269. The molecule has 0 bridgehead atoms. The van der Waals surface area contributed by atoms with Gasteiger partial charge in [-0.3, -0.25) is 9.80 Å². The van der Waals surface area contributed by atoms with Crippen LogP contribution in [0.5, 0.6) is 0 Å². The highest BCUT2D eigenvalue weighted by Crippen LogP contribution is 2.27. The summed E-state index contributed by atoms with van der Waals surface area (Å²) in [7, 11) is 2.09. The Hall–Kier alpha value is -0.910. The normalized spacial score (nSPS) is 23.3. The van der Waals surface area contributed by atoms with E-state index in [0.717, 1.165) is 25.0 Å². The SMILES string of the molecule is Cc1nc(C(CN)N2CCN(C3CCCC3)CC2)c(C)n1C. The van der Waals surface area contributed by atoms with Gasteiger partial charge in [-0.1, -0.05) is 12.8 Å². The van der Waals surface area contributed by atoms with E-state index < -0.39 is 0 Å². The second-order valence-electron chi connectivity index (χ2n) is 6.95. The number of hydrogen-bond acceptors (Lipinski definition) is 4. The highest BCUT2D eigenvalue weighted by Gasteiger charge is 2.30. The summed E-state index contributed by atoms with van der Waals surface area (Å²) >= 11 is 0. The smallest absolute Gasteiger partial charge is 0.105 e. The van der Waals surface area contributed by atoms with Crippen molar-refractivity contribution in [3.8, 4) is 0 Å². The van der Waals surface area contributed by atoms with Gasteiger partial charge in [-0.05, 0) is 26.7 Å². The molecule has 0 aromatic carbocycles. The highest BCUT2D eigenvalue weighted by atomic mass is 15.3. The summed E-state index contributed by atoms with van der Waals surface area (Å²) in [5.41, 5.74) is 8.55. The van der Waals surface area contributed by atoms with Crippen LogP contribution in [0.1, 0.15) is 48.9 Å². The van der Waals surface area contributed by atoms with Crippen molar-refractivity contribution in [3.63, 3.8) is 0 Å². The molecule has 2 aliphatic rings. The summed E-state index contributed by atoms with van der Waals surface area (Å²) in [6.45, 7) is 9.49. The molecule has 1 aliphatic heterocycles. The second-order valence-corrected chi connectivity index (χ2v) is 6.95. The Morgan fingerprint density at radius 2 is 1.77 bits per heavy atom. The van der Waals surface area contributed by atoms with Gasteiger partial charge in [-0.25, -0.2) is 4.98 Å². The van der Waals surface area contributed by atoms with Crippen molar-refractivity contribution in [2.75, 3.05) is 32.7 Å². The fraction of sp³-hybridized carbons (Fsp3) is 0.824. The summed E-state index contributed by atoms with van der Waals surface area (Å²) in [5.74, 6) is 1.08. The van der Waals surface area contributed by atoms with Crippen LogP contribution < -0.4 is 5.73 Å². The Bertz CT molecular complexity index is 495. The first-order chi connectivity index (χ1) is 10.6. The van der Waals surface area contributed by atoms with Gasteiger partial charge in [0.25, 0.3) is 0 Å². The molecule has 2 fully saturated rings. The van der Waals surface area contributed by atoms with Gasteiger partial charge >= 0.3 is 0 Å². The first-order valence-corrected chi connectivity index (χ1v) is 8.79. The maximum atomic E-state index is 6.12. The molecule has 2 N–H and O–H groups in total. The first kappa shape index (κ1) is 16.0. The average Bonchev–Trinajstić information content (AvgIpc) is 3.15. The van der Waals surface area contributed by atoms with Crippen molar-refractivity contribution in [2.45, 2.75) is 51.6 Å². The van der Waals surface area contributed by atoms with Gasteiger partial charge in [0.05, 0.1) is 11.7 Å². The third-order valence-corrected chi connectivity index (χ3v) is 5.81. The lowest BCUT2D eigenvalue weighted by Gasteiger charge is -2.41. The van der Waals surface area contributed by atoms with Crippen molar-refractivity contribution in [2.24, 2.45) is 12.8 Å². The average molecular weight is 305 g/mol. The molecule has 0 radical (unpaired) electrons. The van der Waals surface area contributed by atoms with Gasteiger partial charge in [-0.2, -0.15) is 0 Å². The number of nitrogens with two attached hydrogens (primary N) is 1. The minimum Gasteiger partial charge on any atom is -0.335 e. The van der Waals surface area contributed by atoms with E-state index in [1.165, 1.54) is 50.2 Å².